The van der Waals surface area contributed by atoms with Gasteiger partial charge in [0.1, 0.15) is 19.3 Å². The zero-order chi connectivity index (χ0) is 43.4. The lowest BCUT2D eigenvalue weighted by atomic mass is 10.0. The van der Waals surface area contributed by atoms with Crippen molar-refractivity contribution in [3.63, 3.8) is 0 Å². The first kappa shape index (κ1) is 57.7. The molecule has 348 valence electrons. The summed E-state index contributed by atoms with van der Waals surface area (Å²) in [5.41, 5.74) is 0. The fourth-order valence-corrected chi connectivity index (χ4v) is 7.54. The third kappa shape index (κ3) is 47.6. The molecule has 0 saturated carbocycles. The van der Waals surface area contributed by atoms with Crippen LogP contribution in [0.4, 0.5) is 0 Å². The third-order valence-corrected chi connectivity index (χ3v) is 11.7. The van der Waals surface area contributed by atoms with Gasteiger partial charge in [0.25, 0.3) is 0 Å². The number of hydrogen-bond acceptors (Lipinski definition) is 6. The fraction of sp³-hybridized carbons (Fsp3) is 0.860. The van der Waals surface area contributed by atoms with Crippen LogP contribution in [0.2, 0.25) is 0 Å². The second-order valence-electron chi connectivity index (χ2n) is 17.8. The lowest BCUT2D eigenvalue weighted by Gasteiger charge is -2.24. The molecule has 0 aromatic heterocycles. The standard InChI is InChI=1S/C50H96NO7P/c1-6-8-10-12-14-16-18-20-21-22-23-24-25-26-27-28-29-30-31-32-33-35-37-39-41-43-50(52)58-49(48-57-59(53,54)56-46-44-51(3,4)5)47-55-45-42-40-38-36-34-19-17-15-13-11-9-7-2/h13,15,18,20,22-23,49H,6-12,14,16-17,19,21,24-48H2,1-5H3/p+1/b15-13-,20-18-,23-22-. The van der Waals surface area contributed by atoms with Gasteiger partial charge in [0.05, 0.1) is 34.4 Å². The molecule has 2 unspecified atom stereocenters. The largest absolute Gasteiger partial charge is 0.472 e. The number of phosphoric acid groups is 1. The maximum Gasteiger partial charge on any atom is 0.472 e. The predicted molar refractivity (Wildman–Crippen MR) is 252 cm³/mol. The Morgan fingerprint density at radius 1 is 0.525 bits per heavy atom. The molecule has 0 aliphatic rings. The minimum Gasteiger partial charge on any atom is -0.457 e. The van der Waals surface area contributed by atoms with Crippen molar-refractivity contribution in [2.75, 3.05) is 54.1 Å². The molecule has 9 heteroatoms. The molecule has 0 spiro atoms. The monoisotopic (exact) mass is 855 g/mol. The minimum absolute atomic E-state index is 0.0878. The molecular formula is C50H97NO7P+. The summed E-state index contributed by atoms with van der Waals surface area (Å²) in [6.07, 6.45) is 51.9. The first-order valence-corrected chi connectivity index (χ1v) is 26.2. The van der Waals surface area contributed by atoms with Gasteiger partial charge in [-0.25, -0.2) is 4.57 Å². The van der Waals surface area contributed by atoms with Crippen molar-refractivity contribution in [3.8, 4) is 0 Å². The molecule has 0 aliphatic heterocycles. The zero-order valence-electron chi connectivity index (χ0n) is 39.5. The van der Waals surface area contributed by atoms with E-state index in [4.69, 9.17) is 18.5 Å². The van der Waals surface area contributed by atoms with Gasteiger partial charge in [-0.2, -0.15) is 0 Å². The Kier molecular flexibility index (Phi) is 42.4. The van der Waals surface area contributed by atoms with E-state index in [0.717, 1.165) is 38.5 Å². The molecule has 0 saturated heterocycles. The Morgan fingerprint density at radius 3 is 1.44 bits per heavy atom. The number of carbonyl (C=O) groups excluding carboxylic acids is 1. The van der Waals surface area contributed by atoms with Crippen LogP contribution in [0.5, 0.6) is 0 Å². The van der Waals surface area contributed by atoms with Crippen LogP contribution in [0.1, 0.15) is 219 Å². The van der Waals surface area contributed by atoms with Gasteiger partial charge < -0.3 is 18.9 Å². The molecule has 0 aromatic carbocycles. The second-order valence-corrected chi connectivity index (χ2v) is 19.3. The van der Waals surface area contributed by atoms with E-state index in [1.54, 1.807) is 0 Å². The van der Waals surface area contributed by atoms with Gasteiger partial charge >= 0.3 is 13.8 Å². The first-order chi connectivity index (χ1) is 28.6. The normalized spacial score (nSPS) is 13.9. The van der Waals surface area contributed by atoms with Gasteiger partial charge in [0.15, 0.2) is 0 Å². The topological polar surface area (TPSA) is 91.3 Å². The highest BCUT2D eigenvalue weighted by molar-refractivity contribution is 7.47. The number of esters is 1. The van der Waals surface area contributed by atoms with E-state index in [2.05, 4.69) is 50.3 Å². The summed E-state index contributed by atoms with van der Waals surface area (Å²) in [7, 11) is 1.67. The molecule has 0 bridgehead atoms. The summed E-state index contributed by atoms with van der Waals surface area (Å²) in [6, 6.07) is 0. The number of nitrogens with zero attached hydrogens (tertiary/aromatic N) is 1. The molecule has 1 N–H and O–H groups in total. The summed E-state index contributed by atoms with van der Waals surface area (Å²) >= 11 is 0. The average molecular weight is 855 g/mol. The highest BCUT2D eigenvalue weighted by Crippen LogP contribution is 2.43. The number of unbranched alkanes of at least 4 members (excludes halogenated alkanes) is 26. The smallest absolute Gasteiger partial charge is 0.457 e. The van der Waals surface area contributed by atoms with Crippen LogP contribution in [0.3, 0.4) is 0 Å². The fourth-order valence-electron chi connectivity index (χ4n) is 6.80. The third-order valence-electron chi connectivity index (χ3n) is 10.7. The number of carbonyl (C=O) groups is 1. The molecule has 0 radical (unpaired) electrons. The SMILES string of the molecule is CCCC/C=C\CCCCCCCCOCC(COP(=O)(O)OCC[N+](C)(C)C)OC(=O)CCCCCCCCCCCCCCC/C=C\C/C=C\CCCCCCC. The van der Waals surface area contributed by atoms with Crippen LogP contribution in [-0.4, -0.2) is 75.6 Å². The van der Waals surface area contributed by atoms with E-state index in [0.29, 0.717) is 24.1 Å². The molecule has 0 aliphatic carbocycles. The lowest BCUT2D eigenvalue weighted by Crippen LogP contribution is -2.37. The van der Waals surface area contributed by atoms with Crippen LogP contribution in [0.25, 0.3) is 0 Å². The summed E-state index contributed by atoms with van der Waals surface area (Å²) < 4.78 is 35.0. The van der Waals surface area contributed by atoms with Crippen LogP contribution >= 0.6 is 7.82 Å². The van der Waals surface area contributed by atoms with Gasteiger partial charge in [-0.15, -0.1) is 0 Å². The van der Waals surface area contributed by atoms with Crippen molar-refractivity contribution in [2.24, 2.45) is 0 Å². The summed E-state index contributed by atoms with van der Waals surface area (Å²) in [5, 5.41) is 0. The lowest BCUT2D eigenvalue weighted by molar-refractivity contribution is -0.870. The zero-order valence-corrected chi connectivity index (χ0v) is 40.4. The number of hydrogen-bond donors (Lipinski definition) is 1. The van der Waals surface area contributed by atoms with Crippen LogP contribution in [0.15, 0.2) is 36.5 Å². The molecule has 8 nitrogen and oxygen atoms in total. The second kappa shape index (κ2) is 43.4. The number of ether oxygens (including phenoxy) is 2. The van der Waals surface area contributed by atoms with Crippen molar-refractivity contribution < 1.29 is 37.3 Å². The Labute approximate surface area is 365 Å². The van der Waals surface area contributed by atoms with Gasteiger partial charge in [0, 0.05) is 13.0 Å². The van der Waals surface area contributed by atoms with Crippen molar-refractivity contribution in [2.45, 2.75) is 225 Å². The van der Waals surface area contributed by atoms with Crippen LogP contribution < -0.4 is 0 Å². The predicted octanol–water partition coefficient (Wildman–Crippen LogP) is 14.9. The van der Waals surface area contributed by atoms with Crippen LogP contribution in [0, 0.1) is 0 Å². The highest BCUT2D eigenvalue weighted by atomic mass is 31.2. The molecule has 0 rings (SSSR count). The summed E-state index contributed by atoms with van der Waals surface area (Å²) in [6.45, 7) is 5.59. The van der Waals surface area contributed by atoms with Gasteiger partial charge in [-0.05, 0) is 64.2 Å². The molecule has 0 aromatic rings. The van der Waals surface area contributed by atoms with E-state index in [9.17, 15) is 14.3 Å². The van der Waals surface area contributed by atoms with Crippen LogP contribution in [-0.2, 0) is 27.9 Å². The Morgan fingerprint density at radius 2 is 0.949 bits per heavy atom. The first-order valence-electron chi connectivity index (χ1n) is 24.7. The Hall–Kier alpha value is -1.28. The van der Waals surface area contributed by atoms with Crippen molar-refractivity contribution in [3.05, 3.63) is 36.5 Å². The van der Waals surface area contributed by atoms with E-state index < -0.39 is 13.9 Å². The number of phosphoric ester groups is 1. The van der Waals surface area contributed by atoms with Crippen molar-refractivity contribution in [1.29, 1.82) is 0 Å². The van der Waals surface area contributed by atoms with Gasteiger partial charge in [0.2, 0.25) is 0 Å². The van der Waals surface area contributed by atoms with Gasteiger partial charge in [-0.1, -0.05) is 185 Å². The molecular weight excluding hydrogens is 758 g/mol. The molecule has 0 heterocycles. The number of rotatable bonds is 46. The summed E-state index contributed by atoms with van der Waals surface area (Å²) in [4.78, 5) is 22.9. The molecule has 0 amide bonds. The highest BCUT2D eigenvalue weighted by Gasteiger charge is 2.26. The minimum atomic E-state index is -4.28. The quantitative estimate of drug-likeness (QED) is 0.0214. The van der Waals surface area contributed by atoms with E-state index in [1.165, 1.54) is 161 Å². The van der Waals surface area contributed by atoms with Gasteiger partial charge in [-0.3, -0.25) is 13.8 Å². The molecule has 0 fully saturated rings. The Balaban J connectivity index is 4.06. The maximum absolute atomic E-state index is 12.7. The van der Waals surface area contributed by atoms with E-state index in [1.807, 2.05) is 21.1 Å². The number of likely N-dealkylation sites (N-methyl/N-ethyl adjacent to an activating group) is 1. The molecule has 59 heavy (non-hydrogen) atoms. The van der Waals surface area contributed by atoms with Crippen molar-refractivity contribution in [1.82, 2.24) is 0 Å². The van der Waals surface area contributed by atoms with E-state index in [-0.39, 0.29) is 25.8 Å². The molecule has 2 atom stereocenters. The maximum atomic E-state index is 12.7. The number of quaternary nitrogens is 1. The van der Waals surface area contributed by atoms with E-state index >= 15 is 0 Å². The number of allylic oxidation sites excluding steroid dienone is 6. The summed E-state index contributed by atoms with van der Waals surface area (Å²) in [5.74, 6) is -0.316. The van der Waals surface area contributed by atoms with Crippen molar-refractivity contribution >= 4 is 13.8 Å². The average Bonchev–Trinajstić information content (AvgIpc) is 3.19. The Bertz CT molecular complexity index is 1040.